The molecule has 1 N–H and O–H groups in total. The number of nitrogens with one attached hydrogen (secondary N) is 1. The second-order valence-corrected chi connectivity index (χ2v) is 6.90. The second kappa shape index (κ2) is 8.60. The summed E-state index contributed by atoms with van der Waals surface area (Å²) in [6.07, 6.45) is 2.56. The van der Waals surface area contributed by atoms with E-state index in [-0.39, 0.29) is 0 Å². The van der Waals surface area contributed by atoms with Gasteiger partial charge in [0.1, 0.15) is 0 Å². The molecule has 1 aromatic rings. The van der Waals surface area contributed by atoms with Crippen LogP contribution in [0.4, 0.5) is 0 Å². The van der Waals surface area contributed by atoms with Crippen molar-refractivity contribution in [1.29, 1.82) is 0 Å². The molecule has 0 aromatic heterocycles. The van der Waals surface area contributed by atoms with E-state index in [4.69, 9.17) is 0 Å². The van der Waals surface area contributed by atoms with Crippen LogP contribution in [0.5, 0.6) is 0 Å². The van der Waals surface area contributed by atoms with Crippen LogP contribution in [0.25, 0.3) is 0 Å². The molecular weight excluding hydrogens is 238 g/mol. The van der Waals surface area contributed by atoms with Crippen molar-refractivity contribution in [1.82, 2.24) is 5.32 Å². The molecule has 18 heavy (non-hydrogen) atoms. The van der Waals surface area contributed by atoms with E-state index in [1.807, 2.05) is 11.8 Å². The summed E-state index contributed by atoms with van der Waals surface area (Å²) in [5, 5.41) is 4.20. The summed E-state index contributed by atoms with van der Waals surface area (Å²) in [7, 11) is 0. The van der Waals surface area contributed by atoms with Crippen molar-refractivity contribution >= 4 is 11.8 Å². The molecular formula is C16H27NS. The number of hydrogen-bond acceptors (Lipinski definition) is 2. The Morgan fingerprint density at radius 1 is 1.11 bits per heavy atom. The molecule has 2 heteroatoms. The molecule has 0 aliphatic carbocycles. The van der Waals surface area contributed by atoms with E-state index in [1.165, 1.54) is 23.3 Å². The van der Waals surface area contributed by atoms with Crippen molar-refractivity contribution in [2.75, 3.05) is 6.54 Å². The van der Waals surface area contributed by atoms with Crippen molar-refractivity contribution in [3.05, 3.63) is 29.8 Å². The van der Waals surface area contributed by atoms with Gasteiger partial charge in [-0.1, -0.05) is 46.2 Å². The zero-order chi connectivity index (χ0) is 13.4. The first-order valence-corrected chi connectivity index (χ1v) is 7.96. The van der Waals surface area contributed by atoms with Crippen LogP contribution in [0.2, 0.25) is 0 Å². The summed E-state index contributed by atoms with van der Waals surface area (Å²) < 4.78 is 0. The Bertz CT molecular complexity index is 318. The van der Waals surface area contributed by atoms with E-state index in [0.717, 1.165) is 24.3 Å². The van der Waals surface area contributed by atoms with E-state index in [2.05, 4.69) is 57.3 Å². The van der Waals surface area contributed by atoms with Gasteiger partial charge in [-0.2, -0.15) is 0 Å². The molecule has 0 spiro atoms. The maximum absolute atomic E-state index is 3.47. The smallest absolute Gasteiger partial charge is 0.0205 e. The molecule has 0 amide bonds. The first kappa shape index (κ1) is 15.6. The van der Waals surface area contributed by atoms with Crippen LogP contribution in [0.15, 0.2) is 29.2 Å². The predicted octanol–water partition coefficient (Wildman–Crippen LogP) is 4.71. The lowest BCUT2D eigenvalue weighted by Crippen LogP contribution is -2.18. The third kappa shape index (κ3) is 6.46. The maximum atomic E-state index is 3.47. The molecule has 0 aliphatic rings. The van der Waals surface area contributed by atoms with Gasteiger partial charge in [-0.05, 0) is 36.6 Å². The summed E-state index contributed by atoms with van der Waals surface area (Å²) in [4.78, 5) is 1.39. The van der Waals surface area contributed by atoms with Gasteiger partial charge in [0.25, 0.3) is 0 Å². The lowest BCUT2D eigenvalue weighted by Gasteiger charge is -2.11. The van der Waals surface area contributed by atoms with Crippen molar-refractivity contribution in [3.8, 4) is 0 Å². The highest BCUT2D eigenvalue weighted by atomic mass is 32.2. The first-order valence-electron chi connectivity index (χ1n) is 7.08. The zero-order valence-corrected chi connectivity index (χ0v) is 13.0. The first-order chi connectivity index (χ1) is 8.61. The minimum Gasteiger partial charge on any atom is -0.312 e. The van der Waals surface area contributed by atoms with E-state index >= 15 is 0 Å². The van der Waals surface area contributed by atoms with Crippen molar-refractivity contribution in [3.63, 3.8) is 0 Å². The number of hydrogen-bond donors (Lipinski definition) is 1. The molecule has 0 aliphatic heterocycles. The molecule has 1 atom stereocenters. The van der Waals surface area contributed by atoms with E-state index in [0.29, 0.717) is 0 Å². The fraction of sp³-hybridized carbons (Fsp3) is 0.625. The van der Waals surface area contributed by atoms with Gasteiger partial charge in [0.15, 0.2) is 0 Å². The molecule has 102 valence electrons. The fourth-order valence-electron chi connectivity index (χ4n) is 1.89. The van der Waals surface area contributed by atoms with Crippen molar-refractivity contribution < 1.29 is 0 Å². The van der Waals surface area contributed by atoms with Crippen LogP contribution in [0.1, 0.15) is 46.1 Å². The predicted molar refractivity (Wildman–Crippen MR) is 83.2 cm³/mol. The van der Waals surface area contributed by atoms with Gasteiger partial charge in [-0.15, -0.1) is 11.8 Å². The van der Waals surface area contributed by atoms with Gasteiger partial charge < -0.3 is 5.32 Å². The monoisotopic (exact) mass is 265 g/mol. The Balaban J connectivity index is 2.37. The highest BCUT2D eigenvalue weighted by Gasteiger charge is 2.03. The Hall–Kier alpha value is -0.470. The lowest BCUT2D eigenvalue weighted by atomic mass is 10.2. The summed E-state index contributed by atoms with van der Waals surface area (Å²) in [6, 6.07) is 9.00. The van der Waals surface area contributed by atoms with Gasteiger partial charge in [-0.3, -0.25) is 0 Å². The third-order valence-electron chi connectivity index (χ3n) is 2.84. The van der Waals surface area contributed by atoms with Gasteiger partial charge in [0.05, 0.1) is 0 Å². The topological polar surface area (TPSA) is 12.0 Å². The summed E-state index contributed by atoms with van der Waals surface area (Å²) >= 11 is 1.99. The van der Waals surface area contributed by atoms with Crippen LogP contribution < -0.4 is 5.32 Å². The molecule has 1 aromatic carbocycles. The average molecular weight is 265 g/mol. The Kier molecular flexibility index (Phi) is 7.45. The molecule has 0 heterocycles. The largest absolute Gasteiger partial charge is 0.312 e. The Morgan fingerprint density at radius 2 is 1.78 bits per heavy atom. The highest BCUT2D eigenvalue weighted by Crippen LogP contribution is 2.25. The second-order valence-electron chi connectivity index (χ2n) is 5.39. The van der Waals surface area contributed by atoms with Gasteiger partial charge >= 0.3 is 0 Å². The molecule has 1 rings (SSSR count). The van der Waals surface area contributed by atoms with E-state index < -0.39 is 0 Å². The minimum absolute atomic E-state index is 0.717. The van der Waals surface area contributed by atoms with Crippen LogP contribution in [-0.2, 0) is 6.54 Å². The van der Waals surface area contributed by atoms with Crippen LogP contribution in [-0.4, -0.2) is 11.8 Å². The zero-order valence-electron chi connectivity index (χ0n) is 12.2. The Morgan fingerprint density at radius 3 is 2.33 bits per heavy atom. The Labute approximate surface area is 117 Å². The van der Waals surface area contributed by atoms with Crippen molar-refractivity contribution in [2.24, 2.45) is 5.92 Å². The number of thioether (sulfide) groups is 1. The minimum atomic E-state index is 0.717. The maximum Gasteiger partial charge on any atom is 0.0205 e. The number of rotatable bonds is 8. The van der Waals surface area contributed by atoms with Gasteiger partial charge in [0.2, 0.25) is 0 Å². The summed E-state index contributed by atoms with van der Waals surface area (Å²) in [5.41, 5.74) is 1.38. The van der Waals surface area contributed by atoms with Gasteiger partial charge in [0, 0.05) is 16.7 Å². The van der Waals surface area contributed by atoms with Crippen molar-refractivity contribution in [2.45, 2.75) is 57.2 Å². The molecule has 1 nitrogen and oxygen atoms in total. The normalized spacial score (nSPS) is 12.9. The van der Waals surface area contributed by atoms with E-state index in [9.17, 15) is 0 Å². The van der Waals surface area contributed by atoms with Crippen LogP contribution in [0, 0.1) is 5.92 Å². The summed E-state index contributed by atoms with van der Waals surface area (Å²) in [6.45, 7) is 11.1. The summed E-state index contributed by atoms with van der Waals surface area (Å²) in [5.74, 6) is 0.717. The molecule has 0 radical (unpaired) electrons. The highest BCUT2D eigenvalue weighted by molar-refractivity contribution is 7.99. The molecule has 1 unspecified atom stereocenters. The van der Waals surface area contributed by atoms with Gasteiger partial charge in [-0.25, -0.2) is 0 Å². The number of benzene rings is 1. The SMILES string of the molecule is CCCC(C)Sc1ccc(CNCC(C)C)cc1. The lowest BCUT2D eigenvalue weighted by molar-refractivity contribution is 0.552. The fourth-order valence-corrected chi connectivity index (χ4v) is 3.00. The van der Waals surface area contributed by atoms with Crippen LogP contribution >= 0.6 is 11.8 Å². The molecule has 0 fully saturated rings. The van der Waals surface area contributed by atoms with E-state index in [1.54, 1.807) is 0 Å². The third-order valence-corrected chi connectivity index (χ3v) is 4.02. The molecule has 0 saturated heterocycles. The standard InChI is InChI=1S/C16H27NS/c1-5-6-14(4)18-16-9-7-15(8-10-16)12-17-11-13(2)3/h7-10,13-14,17H,5-6,11-12H2,1-4H3. The molecule has 0 saturated carbocycles. The van der Waals surface area contributed by atoms with Crippen LogP contribution in [0.3, 0.4) is 0 Å². The molecule has 0 bridgehead atoms. The average Bonchev–Trinajstić information content (AvgIpc) is 2.31. The quantitative estimate of drug-likeness (QED) is 0.683.